The van der Waals surface area contributed by atoms with Crippen LogP contribution in [-0.2, 0) is 0 Å². The first-order valence-electron chi connectivity index (χ1n) is 1.60. The van der Waals surface area contributed by atoms with E-state index in [-0.39, 0.29) is 0 Å². The molecule has 0 N–H and O–H groups in total. The Morgan fingerprint density at radius 3 is 2.14 bits per heavy atom. The monoisotopic (exact) mass is 122 g/mol. The lowest BCUT2D eigenvalue weighted by Crippen LogP contribution is -2.02. The van der Waals surface area contributed by atoms with Crippen molar-refractivity contribution >= 4 is 12.6 Å². The molecule has 0 amide bonds. The molecule has 0 saturated heterocycles. The highest BCUT2D eigenvalue weighted by atomic mass is 32.1. The molecule has 3 heteroatoms. The molecule has 0 atom stereocenters. The molecule has 0 saturated carbocycles. The van der Waals surface area contributed by atoms with Crippen LogP contribution < -0.4 is 0 Å². The van der Waals surface area contributed by atoms with E-state index in [0.717, 1.165) is 0 Å². The van der Waals surface area contributed by atoms with Crippen LogP contribution in [0, 0.1) is 12.3 Å². The SMILES string of the molecule is C#CCC(F)(F)S. The van der Waals surface area contributed by atoms with Gasteiger partial charge >= 0.3 is 5.25 Å². The van der Waals surface area contributed by atoms with E-state index < -0.39 is 11.7 Å². The molecule has 0 rings (SSSR count). The van der Waals surface area contributed by atoms with Gasteiger partial charge in [-0.1, -0.05) is 5.92 Å². The molecule has 0 aromatic rings. The van der Waals surface area contributed by atoms with Gasteiger partial charge in [0.15, 0.2) is 0 Å². The zero-order valence-corrected chi connectivity index (χ0v) is 4.38. The number of hydrogen-bond donors (Lipinski definition) is 1. The summed E-state index contributed by atoms with van der Waals surface area (Å²) < 4.78 is 22.9. The van der Waals surface area contributed by atoms with E-state index in [0.29, 0.717) is 0 Å². The van der Waals surface area contributed by atoms with Crippen LogP contribution in [0.5, 0.6) is 0 Å². The highest BCUT2D eigenvalue weighted by Gasteiger charge is 2.19. The smallest absolute Gasteiger partial charge is 0.193 e. The van der Waals surface area contributed by atoms with Gasteiger partial charge in [-0.3, -0.25) is 0 Å². The molecule has 0 aromatic carbocycles. The third-order valence-corrected chi connectivity index (χ3v) is 0.473. The Labute approximate surface area is 46.3 Å². The van der Waals surface area contributed by atoms with Crippen molar-refractivity contribution in [3.63, 3.8) is 0 Å². The summed E-state index contributed by atoms with van der Waals surface area (Å²) in [4.78, 5) is 0. The Kier molecular flexibility index (Phi) is 2.10. The van der Waals surface area contributed by atoms with Gasteiger partial charge in [0.25, 0.3) is 0 Å². The Balaban J connectivity index is 3.40. The van der Waals surface area contributed by atoms with Crippen LogP contribution in [0.2, 0.25) is 0 Å². The van der Waals surface area contributed by atoms with Crippen molar-refractivity contribution < 1.29 is 8.78 Å². The van der Waals surface area contributed by atoms with Crippen LogP contribution in [0.1, 0.15) is 6.42 Å². The predicted octanol–water partition coefficient (Wildman–Crippen LogP) is 1.53. The summed E-state index contributed by atoms with van der Waals surface area (Å²) in [7, 11) is 0. The molecule has 40 valence electrons. The molecule has 0 aliphatic heterocycles. The quantitative estimate of drug-likeness (QED) is 0.395. The molecule has 0 aliphatic carbocycles. The van der Waals surface area contributed by atoms with E-state index in [2.05, 4.69) is 19.1 Å². The van der Waals surface area contributed by atoms with Crippen molar-refractivity contribution in [3.05, 3.63) is 0 Å². The van der Waals surface area contributed by atoms with Gasteiger partial charge in [-0.25, -0.2) is 0 Å². The molecule has 0 spiro atoms. The second kappa shape index (κ2) is 2.17. The Bertz CT molecular complexity index is 86.8. The summed E-state index contributed by atoms with van der Waals surface area (Å²) in [6.07, 6.45) is 3.93. The van der Waals surface area contributed by atoms with Crippen molar-refractivity contribution in [2.24, 2.45) is 0 Å². The zero-order valence-electron chi connectivity index (χ0n) is 3.49. The third kappa shape index (κ3) is 5.77. The summed E-state index contributed by atoms with van der Waals surface area (Å²) >= 11 is 2.86. The van der Waals surface area contributed by atoms with Gasteiger partial charge in [-0.2, -0.15) is 8.78 Å². The molecule has 0 unspecified atom stereocenters. The van der Waals surface area contributed by atoms with E-state index in [9.17, 15) is 8.78 Å². The van der Waals surface area contributed by atoms with E-state index >= 15 is 0 Å². The Morgan fingerprint density at radius 1 is 1.71 bits per heavy atom. The summed E-state index contributed by atoms with van der Waals surface area (Å²) in [6.45, 7) is 0. The molecule has 0 aromatic heterocycles. The fourth-order valence-electron chi connectivity index (χ4n) is 0.123. The number of hydrogen-bond acceptors (Lipinski definition) is 1. The number of terminal acetylenes is 1. The normalized spacial score (nSPS) is 10.6. The van der Waals surface area contributed by atoms with E-state index in [1.807, 2.05) is 0 Å². The van der Waals surface area contributed by atoms with Crippen LogP contribution in [0.3, 0.4) is 0 Å². The molecule has 0 fully saturated rings. The standard InChI is InChI=1S/C4H4F2S/c1-2-3-4(5,6)7/h1,7H,3H2. The van der Waals surface area contributed by atoms with Crippen molar-refractivity contribution in [1.82, 2.24) is 0 Å². The van der Waals surface area contributed by atoms with Gasteiger partial charge in [0.05, 0.1) is 6.42 Å². The first-order chi connectivity index (χ1) is 3.06. The highest BCUT2D eigenvalue weighted by molar-refractivity contribution is 7.81. The number of alkyl halides is 2. The Hall–Kier alpha value is -0.230. The fourth-order valence-corrected chi connectivity index (χ4v) is 0.214. The average molecular weight is 122 g/mol. The lowest BCUT2D eigenvalue weighted by atomic mass is 10.5. The lowest BCUT2D eigenvalue weighted by Gasteiger charge is -2.00. The van der Waals surface area contributed by atoms with Crippen LogP contribution >= 0.6 is 12.6 Å². The fraction of sp³-hybridized carbons (Fsp3) is 0.500. The van der Waals surface area contributed by atoms with Gasteiger partial charge in [0, 0.05) is 0 Å². The third-order valence-electron chi connectivity index (χ3n) is 0.315. The van der Waals surface area contributed by atoms with E-state index in [4.69, 9.17) is 0 Å². The minimum atomic E-state index is -2.99. The topological polar surface area (TPSA) is 0 Å². The van der Waals surface area contributed by atoms with E-state index in [1.165, 1.54) is 0 Å². The van der Waals surface area contributed by atoms with Crippen molar-refractivity contribution in [3.8, 4) is 12.3 Å². The number of halogens is 2. The number of rotatable bonds is 1. The van der Waals surface area contributed by atoms with Crippen LogP contribution in [0.25, 0.3) is 0 Å². The summed E-state index contributed by atoms with van der Waals surface area (Å²) in [6, 6.07) is 0. The lowest BCUT2D eigenvalue weighted by molar-refractivity contribution is 0.115. The predicted molar refractivity (Wildman–Crippen MR) is 27.4 cm³/mol. The minimum absolute atomic E-state index is 0.601. The second-order valence-corrected chi connectivity index (χ2v) is 1.70. The minimum Gasteiger partial charge on any atom is -0.193 e. The first kappa shape index (κ1) is 6.77. The molecule has 7 heavy (non-hydrogen) atoms. The van der Waals surface area contributed by atoms with Crippen LogP contribution in [0.4, 0.5) is 8.78 Å². The molecular formula is C4H4F2S. The molecule has 0 heterocycles. The molecule has 0 nitrogen and oxygen atoms in total. The maximum absolute atomic E-state index is 11.4. The largest absolute Gasteiger partial charge is 0.301 e. The molecule has 0 bridgehead atoms. The molecule has 0 aliphatic rings. The summed E-state index contributed by atoms with van der Waals surface area (Å²) in [5.74, 6) is 1.78. The Morgan fingerprint density at radius 2 is 2.14 bits per heavy atom. The zero-order chi connectivity index (χ0) is 5.91. The van der Waals surface area contributed by atoms with Crippen molar-refractivity contribution in [2.75, 3.05) is 0 Å². The van der Waals surface area contributed by atoms with Gasteiger partial charge in [0.1, 0.15) is 0 Å². The second-order valence-electron chi connectivity index (χ2n) is 1.05. The number of thiol groups is 1. The van der Waals surface area contributed by atoms with Gasteiger partial charge in [-0.15, -0.1) is 19.1 Å². The summed E-state index contributed by atoms with van der Waals surface area (Å²) in [5.41, 5.74) is 0. The average Bonchev–Trinajstić information content (AvgIpc) is 1.30. The van der Waals surface area contributed by atoms with Crippen LogP contribution in [0.15, 0.2) is 0 Å². The van der Waals surface area contributed by atoms with Gasteiger partial charge < -0.3 is 0 Å². The molecular weight excluding hydrogens is 118 g/mol. The molecule has 0 radical (unpaired) electrons. The van der Waals surface area contributed by atoms with Gasteiger partial charge in [0.2, 0.25) is 0 Å². The summed E-state index contributed by atoms with van der Waals surface area (Å²) in [5, 5.41) is -2.99. The van der Waals surface area contributed by atoms with Crippen LogP contribution in [-0.4, -0.2) is 5.25 Å². The first-order valence-corrected chi connectivity index (χ1v) is 2.04. The highest BCUT2D eigenvalue weighted by Crippen LogP contribution is 2.20. The maximum atomic E-state index is 11.4. The van der Waals surface area contributed by atoms with Gasteiger partial charge in [-0.05, 0) is 0 Å². The van der Waals surface area contributed by atoms with E-state index in [1.54, 1.807) is 5.92 Å². The van der Waals surface area contributed by atoms with Crippen molar-refractivity contribution in [2.45, 2.75) is 11.7 Å². The van der Waals surface area contributed by atoms with Crippen molar-refractivity contribution in [1.29, 1.82) is 0 Å². The maximum Gasteiger partial charge on any atom is 0.301 e.